The van der Waals surface area contributed by atoms with E-state index in [0.29, 0.717) is 6.54 Å². The van der Waals surface area contributed by atoms with Crippen LogP contribution in [0, 0.1) is 11.8 Å². The molecule has 2 N–H and O–H groups in total. The van der Waals surface area contributed by atoms with Crippen molar-refractivity contribution in [3.05, 3.63) is 42.6 Å². The van der Waals surface area contributed by atoms with Crippen molar-refractivity contribution in [2.24, 2.45) is 0 Å². The maximum atomic E-state index is 13.1. The normalized spacial score (nSPS) is 18.0. The zero-order chi connectivity index (χ0) is 22.6. The van der Waals surface area contributed by atoms with E-state index in [1.807, 2.05) is 17.0 Å². The minimum absolute atomic E-state index is 0.0186. The zero-order valence-electron chi connectivity index (χ0n) is 17.0. The highest BCUT2D eigenvalue weighted by Gasteiger charge is 2.34. The van der Waals surface area contributed by atoms with Gasteiger partial charge in [0, 0.05) is 31.5 Å². The van der Waals surface area contributed by atoms with E-state index in [-0.39, 0.29) is 29.8 Å². The van der Waals surface area contributed by atoms with Crippen LogP contribution in [0.4, 0.5) is 16.3 Å². The Morgan fingerprint density at radius 3 is 2.52 bits per heavy atom. The van der Waals surface area contributed by atoms with E-state index in [9.17, 15) is 17.8 Å². The highest BCUT2D eigenvalue weighted by molar-refractivity contribution is 7.90. The van der Waals surface area contributed by atoms with Crippen molar-refractivity contribution in [3.8, 4) is 11.8 Å². The minimum Gasteiger partial charge on any atom is -0.612 e. The lowest BCUT2D eigenvalue weighted by Crippen LogP contribution is -2.54. The Labute approximate surface area is 184 Å². The number of rotatable bonds is 5. The molecule has 0 radical (unpaired) electrons. The quantitative estimate of drug-likeness (QED) is 0.513. The van der Waals surface area contributed by atoms with Crippen LogP contribution in [0.15, 0.2) is 52.4 Å². The fraction of sp³-hybridized carbons (Fsp3) is 0.300. The molecule has 164 valence electrons. The lowest BCUT2D eigenvalue weighted by atomic mass is 10.1. The number of piperazine rings is 1. The predicted molar refractivity (Wildman–Crippen MR) is 118 cm³/mol. The van der Waals surface area contributed by atoms with Crippen molar-refractivity contribution < 1.29 is 22.9 Å². The van der Waals surface area contributed by atoms with Crippen LogP contribution in [0.5, 0.6) is 0 Å². The third kappa shape index (κ3) is 5.29. The summed E-state index contributed by atoms with van der Waals surface area (Å²) in [5.41, 5.74) is 0.879. The molecule has 1 aromatic carbocycles. The molecule has 0 saturated carbocycles. The van der Waals surface area contributed by atoms with Crippen molar-refractivity contribution in [2.45, 2.75) is 22.8 Å². The lowest BCUT2D eigenvalue weighted by Gasteiger charge is -2.39. The first-order valence-electron chi connectivity index (χ1n) is 9.31. The molecule has 1 saturated heterocycles. The molecule has 2 atom stereocenters. The van der Waals surface area contributed by atoms with Gasteiger partial charge in [0.2, 0.25) is 10.0 Å². The fourth-order valence-corrected chi connectivity index (χ4v) is 5.17. The molecule has 9 nitrogen and oxygen atoms in total. The summed E-state index contributed by atoms with van der Waals surface area (Å²) in [6, 6.07) is 9.59. The first-order valence-corrected chi connectivity index (χ1v) is 12.3. The SMILES string of the molecule is CC#C[C@H]1CN(S(=O)(=O)c2ccc(NC(=O)O)nc2)CCN1c1ccc([S+](C)[O-])cc1. The van der Waals surface area contributed by atoms with Crippen LogP contribution in [0.3, 0.4) is 0 Å². The highest BCUT2D eigenvalue weighted by atomic mass is 32.2. The summed E-state index contributed by atoms with van der Waals surface area (Å²) in [5, 5.41) is 10.8. The molecule has 0 spiro atoms. The maximum absolute atomic E-state index is 13.1. The number of hydrogen-bond donors (Lipinski definition) is 2. The van der Waals surface area contributed by atoms with Crippen molar-refractivity contribution in [3.63, 3.8) is 0 Å². The van der Waals surface area contributed by atoms with Crippen molar-refractivity contribution >= 4 is 38.8 Å². The van der Waals surface area contributed by atoms with Gasteiger partial charge >= 0.3 is 6.09 Å². The molecule has 1 fully saturated rings. The molecule has 2 aromatic rings. The molecular formula is C20H22N4O5S2. The second-order valence-corrected chi connectivity index (χ2v) is 10.0. The van der Waals surface area contributed by atoms with E-state index in [1.165, 1.54) is 16.4 Å². The first-order chi connectivity index (χ1) is 14.7. The third-order valence-electron chi connectivity index (χ3n) is 4.76. The average molecular weight is 463 g/mol. The Kier molecular flexibility index (Phi) is 7.07. The maximum Gasteiger partial charge on any atom is 0.410 e. The third-order valence-corrected chi connectivity index (χ3v) is 7.55. The van der Waals surface area contributed by atoms with Gasteiger partial charge in [-0.3, -0.25) is 5.32 Å². The Bertz CT molecular complexity index is 1090. The van der Waals surface area contributed by atoms with Crippen LogP contribution >= 0.6 is 0 Å². The topological polar surface area (TPSA) is 126 Å². The van der Waals surface area contributed by atoms with Crippen molar-refractivity contribution in [2.75, 3.05) is 36.1 Å². The number of nitrogens with one attached hydrogen (secondary N) is 1. The lowest BCUT2D eigenvalue weighted by molar-refractivity contribution is 0.209. The average Bonchev–Trinajstić information content (AvgIpc) is 2.74. The van der Waals surface area contributed by atoms with Gasteiger partial charge in [-0.25, -0.2) is 18.2 Å². The Hall–Kier alpha value is -2.78. The van der Waals surface area contributed by atoms with Crippen LogP contribution in [-0.2, 0) is 21.2 Å². The zero-order valence-corrected chi connectivity index (χ0v) is 18.6. The molecule has 1 aliphatic rings. The number of pyridine rings is 1. The van der Waals surface area contributed by atoms with E-state index in [2.05, 4.69) is 22.1 Å². The monoisotopic (exact) mass is 462 g/mol. The van der Waals surface area contributed by atoms with E-state index >= 15 is 0 Å². The summed E-state index contributed by atoms with van der Waals surface area (Å²) < 4.78 is 39.1. The number of benzene rings is 1. The van der Waals surface area contributed by atoms with Crippen LogP contribution in [0.1, 0.15) is 6.92 Å². The predicted octanol–water partition coefficient (Wildman–Crippen LogP) is 1.81. The molecule has 31 heavy (non-hydrogen) atoms. The van der Waals surface area contributed by atoms with E-state index < -0.39 is 27.3 Å². The first kappa shape index (κ1) is 22.9. The summed E-state index contributed by atoms with van der Waals surface area (Å²) in [6.45, 7) is 2.55. The van der Waals surface area contributed by atoms with E-state index in [0.717, 1.165) is 16.8 Å². The molecule has 1 aromatic heterocycles. The minimum atomic E-state index is -3.82. The van der Waals surface area contributed by atoms with Gasteiger partial charge in [-0.15, -0.1) is 5.92 Å². The summed E-state index contributed by atoms with van der Waals surface area (Å²) in [7, 11) is -3.82. The van der Waals surface area contributed by atoms with Crippen molar-refractivity contribution in [1.82, 2.24) is 9.29 Å². The molecule has 3 rings (SSSR count). The van der Waals surface area contributed by atoms with Crippen LogP contribution < -0.4 is 10.2 Å². The second kappa shape index (κ2) is 9.57. The summed E-state index contributed by atoms with van der Waals surface area (Å²) in [5.74, 6) is 5.98. The van der Waals surface area contributed by atoms with Crippen LogP contribution in [-0.4, -0.2) is 65.4 Å². The standard InChI is InChI=1S/C20H22N4O5S2/c1-3-4-16-14-23(11-12-24(16)15-5-7-17(8-6-15)30(2)27)31(28,29)18-9-10-19(21-13-18)22-20(25)26/h5-10,13,16H,11-12,14H2,1-2H3,(H,21,22)(H,25,26)/t16-,30?/m0/s1. The van der Waals surface area contributed by atoms with Gasteiger partial charge in [0.25, 0.3) is 0 Å². The number of carbonyl (C=O) groups is 1. The molecule has 1 amide bonds. The number of anilines is 2. The summed E-state index contributed by atoms with van der Waals surface area (Å²) in [4.78, 5) is 17.3. The van der Waals surface area contributed by atoms with Gasteiger partial charge in [0.1, 0.15) is 23.0 Å². The second-order valence-electron chi connectivity index (χ2n) is 6.72. The smallest absolute Gasteiger partial charge is 0.410 e. The largest absolute Gasteiger partial charge is 0.612 e. The Balaban J connectivity index is 1.80. The molecule has 11 heteroatoms. The summed E-state index contributed by atoms with van der Waals surface area (Å²) in [6.07, 6.45) is 1.47. The fourth-order valence-electron chi connectivity index (χ4n) is 3.27. The summed E-state index contributed by atoms with van der Waals surface area (Å²) >= 11 is -1.08. The molecule has 0 aliphatic carbocycles. The van der Waals surface area contributed by atoms with Crippen LogP contribution in [0.25, 0.3) is 0 Å². The molecule has 1 aliphatic heterocycles. The number of amides is 1. The van der Waals surface area contributed by atoms with Gasteiger partial charge in [0.15, 0.2) is 4.90 Å². The molecule has 0 bridgehead atoms. The van der Waals surface area contributed by atoms with Gasteiger partial charge < -0.3 is 14.6 Å². The van der Waals surface area contributed by atoms with Gasteiger partial charge in [0.05, 0.1) is 0 Å². The molecular weight excluding hydrogens is 440 g/mol. The Morgan fingerprint density at radius 1 is 1.26 bits per heavy atom. The van der Waals surface area contributed by atoms with Gasteiger partial charge in [-0.05, 0) is 54.5 Å². The van der Waals surface area contributed by atoms with Gasteiger partial charge in [-0.2, -0.15) is 4.31 Å². The number of hydrogen-bond acceptors (Lipinski definition) is 6. The van der Waals surface area contributed by atoms with Crippen molar-refractivity contribution in [1.29, 1.82) is 0 Å². The van der Waals surface area contributed by atoms with Crippen LogP contribution in [0.2, 0.25) is 0 Å². The number of aromatic nitrogens is 1. The van der Waals surface area contributed by atoms with E-state index in [4.69, 9.17) is 5.11 Å². The number of nitrogens with zero attached hydrogens (tertiary/aromatic N) is 3. The number of sulfonamides is 1. The molecule has 1 unspecified atom stereocenters. The highest BCUT2D eigenvalue weighted by Crippen LogP contribution is 2.26. The van der Waals surface area contributed by atoms with Gasteiger partial charge in [-0.1, -0.05) is 5.92 Å². The number of carboxylic acid groups (broad SMARTS) is 1. The molecule has 2 heterocycles. The van der Waals surface area contributed by atoms with E-state index in [1.54, 1.807) is 25.3 Å². The Morgan fingerprint density at radius 2 is 1.97 bits per heavy atom.